The largest absolute Gasteiger partial charge is 2.00 e. The minimum absolute atomic E-state index is 0. The van der Waals surface area contributed by atoms with E-state index in [9.17, 15) is 0 Å². The summed E-state index contributed by atoms with van der Waals surface area (Å²) in [7, 11) is 1.97. The van der Waals surface area contributed by atoms with Gasteiger partial charge in [-0.15, -0.1) is 41.3 Å². The van der Waals surface area contributed by atoms with Crippen LogP contribution in [0.2, 0.25) is 0 Å². The molecule has 48 heavy (non-hydrogen) atoms. The van der Waals surface area contributed by atoms with Crippen LogP contribution in [0, 0.1) is 26.0 Å². The van der Waals surface area contributed by atoms with E-state index in [1.165, 1.54) is 32.9 Å². The third-order valence-corrected chi connectivity index (χ3v) is 9.04. The first-order chi connectivity index (χ1) is 23.0. The zero-order valence-electron chi connectivity index (χ0n) is 26.5. The Bertz CT molecular complexity index is 2600. The molecule has 0 atom stereocenters. The molecular weight excluding hydrogens is 774 g/mol. The molecule has 0 aliphatic carbocycles. The monoisotopic (exact) mass is 802 g/mol. The van der Waals surface area contributed by atoms with Gasteiger partial charge < -0.3 is 18.4 Å². The Morgan fingerprint density at radius 3 is 2.08 bits per heavy atom. The Labute approximate surface area is 292 Å². The number of benzene rings is 5. The van der Waals surface area contributed by atoms with Gasteiger partial charge in [-0.1, -0.05) is 66.2 Å². The van der Waals surface area contributed by atoms with Gasteiger partial charge in [-0.25, -0.2) is 4.98 Å². The van der Waals surface area contributed by atoms with Gasteiger partial charge in [0, 0.05) is 59.5 Å². The SMILES string of the molecule is Cc1cccc2c3cccc(C)c3n(-c3ccnc(-n4c5[c-]c(Oc6[c-]c(-c7nccn7C)ccc6)ccc5c5ccccc54)c3)c12.[Pt+2]. The number of ether oxygens (including phenoxy) is 1. The van der Waals surface area contributed by atoms with Crippen molar-refractivity contribution in [2.24, 2.45) is 7.05 Å². The quantitative estimate of drug-likeness (QED) is 0.163. The van der Waals surface area contributed by atoms with Gasteiger partial charge in [0.2, 0.25) is 0 Å². The summed E-state index contributed by atoms with van der Waals surface area (Å²) in [4.78, 5) is 9.40. The van der Waals surface area contributed by atoms with E-state index in [1.54, 1.807) is 6.20 Å². The van der Waals surface area contributed by atoms with E-state index < -0.39 is 0 Å². The van der Waals surface area contributed by atoms with Crippen LogP contribution in [0.25, 0.3) is 66.5 Å². The number of imidazole rings is 1. The van der Waals surface area contributed by atoms with Gasteiger partial charge in [0.1, 0.15) is 5.82 Å². The molecule has 4 heterocycles. The van der Waals surface area contributed by atoms with E-state index in [2.05, 4.69) is 119 Å². The standard InChI is InChI=1S/C41H29N5O.Pt/c1-26-9-6-14-34-35-15-7-10-27(2)40(35)45(39(26)34)29-19-20-42-38(24-29)46-36-16-5-4-13-32(36)33-18-17-31(25-37(33)46)47-30-12-8-11-28(23-30)41-43-21-22-44(41)3;/h4-22,24H,1-3H3;/q-2;+2. The molecule has 9 rings (SSSR count). The van der Waals surface area contributed by atoms with Crippen molar-refractivity contribution in [3.05, 3.63) is 145 Å². The molecule has 0 N–H and O–H groups in total. The van der Waals surface area contributed by atoms with Crippen LogP contribution in [0.4, 0.5) is 0 Å². The van der Waals surface area contributed by atoms with Crippen molar-refractivity contribution in [1.82, 2.24) is 23.7 Å². The van der Waals surface area contributed by atoms with Crippen LogP contribution in [0.3, 0.4) is 0 Å². The van der Waals surface area contributed by atoms with Crippen molar-refractivity contribution in [2.75, 3.05) is 0 Å². The van der Waals surface area contributed by atoms with Gasteiger partial charge in [0.05, 0.1) is 22.5 Å². The van der Waals surface area contributed by atoms with Gasteiger partial charge in [-0.3, -0.25) is 4.98 Å². The summed E-state index contributed by atoms with van der Waals surface area (Å²) in [5, 5.41) is 4.70. The number of aryl methyl sites for hydroxylation is 3. The maximum atomic E-state index is 6.37. The average molecular weight is 803 g/mol. The van der Waals surface area contributed by atoms with Crippen LogP contribution in [-0.4, -0.2) is 23.7 Å². The Hall–Kier alpha value is -5.45. The molecule has 0 fully saturated rings. The van der Waals surface area contributed by atoms with Crippen molar-refractivity contribution in [3.8, 4) is 34.4 Å². The average Bonchev–Trinajstić information content (AvgIpc) is 3.78. The first-order valence-electron chi connectivity index (χ1n) is 15.6. The van der Waals surface area contributed by atoms with Crippen molar-refractivity contribution in [3.63, 3.8) is 0 Å². The molecule has 0 aliphatic rings. The molecule has 0 unspecified atom stereocenters. The Kier molecular flexibility index (Phi) is 7.27. The Balaban J connectivity index is 0.00000336. The van der Waals surface area contributed by atoms with Crippen molar-refractivity contribution >= 4 is 43.6 Å². The van der Waals surface area contributed by atoms with Crippen molar-refractivity contribution in [2.45, 2.75) is 13.8 Å². The topological polar surface area (TPSA) is 49.8 Å². The number of hydrogen-bond acceptors (Lipinski definition) is 3. The van der Waals surface area contributed by atoms with Crippen LogP contribution in [0.1, 0.15) is 11.1 Å². The zero-order chi connectivity index (χ0) is 31.6. The summed E-state index contributed by atoms with van der Waals surface area (Å²) < 4.78 is 12.9. The molecule has 0 radical (unpaired) electrons. The molecule has 9 aromatic rings. The Morgan fingerprint density at radius 2 is 1.33 bits per heavy atom. The van der Waals surface area contributed by atoms with Crippen LogP contribution in [0.5, 0.6) is 11.5 Å². The van der Waals surface area contributed by atoms with Gasteiger partial charge >= 0.3 is 21.1 Å². The molecular formula is C41H29N5OPt. The van der Waals surface area contributed by atoms with Crippen LogP contribution >= 0.6 is 0 Å². The van der Waals surface area contributed by atoms with E-state index in [-0.39, 0.29) is 21.1 Å². The van der Waals surface area contributed by atoms with E-state index in [0.29, 0.717) is 11.5 Å². The molecule has 0 saturated heterocycles. The fraction of sp³-hybridized carbons (Fsp3) is 0.0732. The maximum Gasteiger partial charge on any atom is 2.00 e. The van der Waals surface area contributed by atoms with Gasteiger partial charge in [0.15, 0.2) is 0 Å². The third-order valence-electron chi connectivity index (χ3n) is 9.04. The summed E-state index contributed by atoms with van der Waals surface area (Å²) in [6.07, 6.45) is 5.60. The summed E-state index contributed by atoms with van der Waals surface area (Å²) in [5.74, 6) is 2.83. The normalized spacial score (nSPS) is 11.5. The minimum atomic E-state index is 0. The number of rotatable bonds is 5. The van der Waals surface area contributed by atoms with Crippen LogP contribution in [-0.2, 0) is 28.1 Å². The van der Waals surface area contributed by atoms with Crippen LogP contribution in [0.15, 0.2) is 122 Å². The molecule has 0 aliphatic heterocycles. The van der Waals surface area contributed by atoms with E-state index in [0.717, 1.165) is 44.7 Å². The molecule has 0 bridgehead atoms. The van der Waals surface area contributed by atoms with E-state index in [4.69, 9.17) is 9.72 Å². The summed E-state index contributed by atoms with van der Waals surface area (Å²) in [6.45, 7) is 4.37. The number of fused-ring (bicyclic) bond motifs is 6. The summed E-state index contributed by atoms with van der Waals surface area (Å²) >= 11 is 0. The van der Waals surface area contributed by atoms with E-state index >= 15 is 0 Å². The predicted molar refractivity (Wildman–Crippen MR) is 189 cm³/mol. The number of nitrogens with zero attached hydrogens (tertiary/aromatic N) is 5. The number of hydrogen-bond donors (Lipinski definition) is 0. The summed E-state index contributed by atoms with van der Waals surface area (Å²) in [5.41, 5.74) is 8.74. The van der Waals surface area contributed by atoms with E-state index in [1.807, 2.05) is 48.3 Å². The third kappa shape index (κ3) is 4.67. The second-order valence-electron chi connectivity index (χ2n) is 12.0. The van der Waals surface area contributed by atoms with Gasteiger partial charge in [0.25, 0.3) is 0 Å². The predicted octanol–water partition coefficient (Wildman–Crippen LogP) is 9.68. The van der Waals surface area contributed by atoms with Crippen molar-refractivity contribution in [1.29, 1.82) is 0 Å². The molecule has 234 valence electrons. The fourth-order valence-corrected chi connectivity index (χ4v) is 6.94. The Morgan fingerprint density at radius 1 is 0.625 bits per heavy atom. The number of para-hydroxylation sites is 3. The second-order valence-corrected chi connectivity index (χ2v) is 12.0. The van der Waals surface area contributed by atoms with Crippen molar-refractivity contribution < 1.29 is 25.8 Å². The molecule has 5 aromatic carbocycles. The fourth-order valence-electron chi connectivity index (χ4n) is 6.94. The minimum Gasteiger partial charge on any atom is -0.503 e. The second kappa shape index (κ2) is 11.7. The maximum absolute atomic E-state index is 6.37. The molecule has 0 spiro atoms. The number of pyridine rings is 1. The first-order valence-corrected chi connectivity index (χ1v) is 15.6. The molecule has 0 amide bonds. The van der Waals surface area contributed by atoms with Gasteiger partial charge in [-0.2, -0.15) is 6.07 Å². The molecule has 7 heteroatoms. The molecule has 0 saturated carbocycles. The molecule has 4 aromatic heterocycles. The van der Waals surface area contributed by atoms with Gasteiger partial charge in [-0.05, 0) is 42.5 Å². The summed E-state index contributed by atoms with van der Waals surface area (Å²) in [6, 6.07) is 42.6. The first kappa shape index (κ1) is 29.9. The van der Waals surface area contributed by atoms with Crippen LogP contribution < -0.4 is 4.74 Å². The number of aromatic nitrogens is 5. The zero-order valence-corrected chi connectivity index (χ0v) is 28.8. The smallest absolute Gasteiger partial charge is 0.503 e. The molecule has 6 nitrogen and oxygen atoms in total.